The van der Waals surface area contributed by atoms with E-state index in [4.69, 9.17) is 9.88 Å². The van der Waals surface area contributed by atoms with Gasteiger partial charge in [0, 0.05) is 6.54 Å². The molecule has 1 unspecified atom stereocenters. The molecule has 2 aliphatic heterocycles. The predicted molar refractivity (Wildman–Crippen MR) is 62.2 cm³/mol. The molecular weight excluding hydrogens is 256 g/mol. The summed E-state index contributed by atoms with van der Waals surface area (Å²) >= 11 is 0. The Bertz CT molecular complexity index is 626. The molecule has 3 rings (SSSR count). The third kappa shape index (κ3) is 1.75. The molecule has 1 fully saturated rings. The molecule has 2 N–H and O–H groups in total. The summed E-state index contributed by atoms with van der Waals surface area (Å²) in [4.78, 5) is 13.2. The summed E-state index contributed by atoms with van der Waals surface area (Å²) in [5, 5.41) is 5.09. The van der Waals surface area contributed by atoms with Gasteiger partial charge in [0.25, 0.3) is 0 Å². The van der Waals surface area contributed by atoms with E-state index in [-0.39, 0.29) is 17.0 Å². The summed E-state index contributed by atoms with van der Waals surface area (Å²) in [7, 11) is -3.71. The van der Waals surface area contributed by atoms with Crippen LogP contribution >= 0.6 is 0 Å². The van der Waals surface area contributed by atoms with Crippen molar-refractivity contribution in [1.29, 1.82) is 0 Å². The van der Waals surface area contributed by atoms with Gasteiger partial charge in [0.15, 0.2) is 0 Å². The molecule has 96 valence electrons. The highest BCUT2D eigenvalue weighted by molar-refractivity contribution is 7.89. The third-order valence-electron chi connectivity index (χ3n) is 3.38. The maximum absolute atomic E-state index is 11.5. The fraction of sp³-hybridized carbons (Fsp3) is 0.364. The number of nitrogens with zero attached hydrogens (tertiary/aromatic N) is 1. The Morgan fingerprint density at radius 1 is 1.33 bits per heavy atom. The monoisotopic (exact) mass is 268 g/mol. The first-order chi connectivity index (χ1) is 8.45. The van der Waals surface area contributed by atoms with Gasteiger partial charge in [0.05, 0.1) is 10.9 Å². The maximum atomic E-state index is 11.5. The Kier molecular flexibility index (Phi) is 2.36. The molecule has 6 nitrogen and oxygen atoms in total. The Morgan fingerprint density at radius 2 is 2.11 bits per heavy atom. The van der Waals surface area contributed by atoms with Gasteiger partial charge in [-0.2, -0.15) is 0 Å². The Labute approximate surface area is 104 Å². The van der Waals surface area contributed by atoms with E-state index in [9.17, 15) is 13.2 Å². The summed E-state index contributed by atoms with van der Waals surface area (Å²) in [5.41, 5.74) is 1.86. The Morgan fingerprint density at radius 3 is 2.83 bits per heavy atom. The maximum Gasteiger partial charge on any atom is 0.410 e. The van der Waals surface area contributed by atoms with Crippen molar-refractivity contribution in [3.05, 3.63) is 29.3 Å². The van der Waals surface area contributed by atoms with Crippen molar-refractivity contribution in [3.63, 3.8) is 0 Å². The van der Waals surface area contributed by atoms with Gasteiger partial charge < -0.3 is 4.74 Å². The summed E-state index contributed by atoms with van der Waals surface area (Å²) < 4.78 is 27.5. The normalized spacial score (nSPS) is 22.4. The van der Waals surface area contributed by atoms with Gasteiger partial charge in [-0.15, -0.1) is 0 Å². The number of benzene rings is 1. The number of rotatable bonds is 1. The number of hydrogen-bond donors (Lipinski definition) is 1. The van der Waals surface area contributed by atoms with Crippen LogP contribution in [-0.2, 0) is 27.7 Å². The van der Waals surface area contributed by atoms with Crippen molar-refractivity contribution in [2.75, 3.05) is 6.61 Å². The Balaban J connectivity index is 2.01. The van der Waals surface area contributed by atoms with E-state index in [2.05, 4.69) is 0 Å². The first-order valence-corrected chi connectivity index (χ1v) is 7.08. The number of fused-ring (bicyclic) bond motifs is 2. The summed E-state index contributed by atoms with van der Waals surface area (Å²) in [6, 6.07) is 4.86. The van der Waals surface area contributed by atoms with Crippen molar-refractivity contribution in [2.24, 2.45) is 5.14 Å². The number of ether oxygens (including phenoxy) is 1. The lowest BCUT2D eigenvalue weighted by Gasteiger charge is -2.28. The number of primary sulfonamides is 1. The van der Waals surface area contributed by atoms with E-state index in [0.29, 0.717) is 19.6 Å². The van der Waals surface area contributed by atoms with E-state index in [1.807, 2.05) is 0 Å². The average Bonchev–Trinajstić information content (AvgIpc) is 2.66. The largest absolute Gasteiger partial charge is 0.447 e. The zero-order valence-electron chi connectivity index (χ0n) is 9.50. The molecule has 0 aliphatic carbocycles. The van der Waals surface area contributed by atoms with Crippen LogP contribution in [0.1, 0.15) is 11.1 Å². The summed E-state index contributed by atoms with van der Waals surface area (Å²) in [6.45, 7) is 0.775. The number of cyclic esters (lactones) is 1. The van der Waals surface area contributed by atoms with Crippen molar-refractivity contribution >= 4 is 16.1 Å². The lowest BCUT2D eigenvalue weighted by molar-refractivity contribution is 0.155. The van der Waals surface area contributed by atoms with Gasteiger partial charge in [0.1, 0.15) is 6.61 Å². The minimum atomic E-state index is -3.71. The number of carbonyl (C=O) groups excluding carboxylic acids is 1. The van der Waals surface area contributed by atoms with Crippen LogP contribution in [0.25, 0.3) is 0 Å². The highest BCUT2D eigenvalue weighted by Gasteiger charge is 2.36. The van der Waals surface area contributed by atoms with Crippen LogP contribution in [0.2, 0.25) is 0 Å². The summed E-state index contributed by atoms with van der Waals surface area (Å²) in [5.74, 6) is 0. The molecule has 2 aliphatic rings. The number of nitrogens with two attached hydrogens (primary N) is 1. The van der Waals surface area contributed by atoms with Crippen LogP contribution in [0.15, 0.2) is 23.1 Å². The molecule has 1 aromatic carbocycles. The minimum Gasteiger partial charge on any atom is -0.447 e. The molecule has 7 heteroatoms. The second kappa shape index (κ2) is 3.69. The van der Waals surface area contributed by atoms with Gasteiger partial charge >= 0.3 is 6.09 Å². The SMILES string of the molecule is NS(=O)(=O)c1ccc2c(c1)CN1C(=O)OCC1C2. The molecule has 0 aromatic heterocycles. The molecule has 0 radical (unpaired) electrons. The molecule has 0 bridgehead atoms. The molecule has 18 heavy (non-hydrogen) atoms. The minimum absolute atomic E-state index is 0.0605. The first-order valence-electron chi connectivity index (χ1n) is 5.53. The molecule has 1 atom stereocenters. The second-order valence-electron chi connectivity index (χ2n) is 4.54. The average molecular weight is 268 g/mol. The van der Waals surface area contributed by atoms with Crippen molar-refractivity contribution < 1.29 is 17.9 Å². The second-order valence-corrected chi connectivity index (χ2v) is 6.10. The number of carbonyl (C=O) groups is 1. The standard InChI is InChI=1S/C11H12N2O4S/c12-18(15,16)10-2-1-7-3-9-6-17-11(14)13(9)5-8(7)4-10/h1-2,4,9H,3,5-6H2,(H2,12,15,16). The van der Waals surface area contributed by atoms with E-state index in [1.54, 1.807) is 11.0 Å². The van der Waals surface area contributed by atoms with Gasteiger partial charge in [-0.25, -0.2) is 18.4 Å². The summed E-state index contributed by atoms with van der Waals surface area (Å²) in [6.07, 6.45) is 0.345. The van der Waals surface area contributed by atoms with Crippen molar-refractivity contribution in [2.45, 2.75) is 23.9 Å². The molecular formula is C11H12N2O4S. The topological polar surface area (TPSA) is 89.7 Å². The number of amides is 1. The van der Waals surface area contributed by atoms with Gasteiger partial charge in [-0.3, -0.25) is 4.90 Å². The fourth-order valence-corrected chi connectivity index (χ4v) is 2.98. The van der Waals surface area contributed by atoms with E-state index in [0.717, 1.165) is 11.1 Å². The highest BCUT2D eigenvalue weighted by Crippen LogP contribution is 2.29. The fourth-order valence-electron chi connectivity index (χ4n) is 2.42. The number of hydrogen-bond acceptors (Lipinski definition) is 4. The van der Waals surface area contributed by atoms with Gasteiger partial charge in [0.2, 0.25) is 10.0 Å². The molecule has 1 amide bonds. The molecule has 1 saturated heterocycles. The number of sulfonamides is 1. The van der Waals surface area contributed by atoms with E-state index in [1.165, 1.54) is 12.1 Å². The molecule has 2 heterocycles. The van der Waals surface area contributed by atoms with Gasteiger partial charge in [-0.1, -0.05) is 6.07 Å². The predicted octanol–water partition coefficient (Wildman–Crippen LogP) is 0.211. The van der Waals surface area contributed by atoms with Gasteiger partial charge in [-0.05, 0) is 29.7 Å². The third-order valence-corrected chi connectivity index (χ3v) is 4.29. The molecule has 0 saturated carbocycles. The van der Waals surface area contributed by atoms with Crippen LogP contribution in [0.3, 0.4) is 0 Å². The van der Waals surface area contributed by atoms with Crippen LogP contribution in [-0.4, -0.2) is 32.1 Å². The van der Waals surface area contributed by atoms with Crippen LogP contribution in [0, 0.1) is 0 Å². The van der Waals surface area contributed by atoms with Crippen LogP contribution < -0.4 is 5.14 Å². The lowest BCUT2D eigenvalue weighted by atomic mass is 9.95. The van der Waals surface area contributed by atoms with E-state index >= 15 is 0 Å². The van der Waals surface area contributed by atoms with Crippen LogP contribution in [0.4, 0.5) is 4.79 Å². The quantitative estimate of drug-likeness (QED) is 0.788. The zero-order chi connectivity index (χ0) is 12.9. The lowest BCUT2D eigenvalue weighted by Crippen LogP contribution is -2.38. The molecule has 0 spiro atoms. The van der Waals surface area contributed by atoms with Crippen LogP contribution in [0.5, 0.6) is 0 Å². The smallest absolute Gasteiger partial charge is 0.410 e. The zero-order valence-corrected chi connectivity index (χ0v) is 10.3. The Hall–Kier alpha value is -1.60. The van der Waals surface area contributed by atoms with E-state index < -0.39 is 10.0 Å². The molecule has 1 aromatic rings. The van der Waals surface area contributed by atoms with Crippen molar-refractivity contribution in [3.8, 4) is 0 Å². The van der Waals surface area contributed by atoms with Crippen molar-refractivity contribution in [1.82, 2.24) is 4.90 Å². The first kappa shape index (κ1) is 11.5. The highest BCUT2D eigenvalue weighted by atomic mass is 32.2.